The molecule has 0 radical (unpaired) electrons. The minimum atomic E-state index is -0.344. The lowest BCUT2D eigenvalue weighted by Gasteiger charge is -1.76. The Labute approximate surface area is 63.6 Å². The van der Waals surface area contributed by atoms with Gasteiger partial charge in [-0.1, -0.05) is 11.3 Å². The first-order valence-electron chi connectivity index (χ1n) is 2.14. The van der Waals surface area contributed by atoms with Crippen molar-refractivity contribution in [2.75, 3.05) is 0 Å². The number of aldehydes is 1. The van der Waals surface area contributed by atoms with E-state index in [1.165, 1.54) is 6.07 Å². The number of carbonyl (C=O) groups excluding carboxylic acids is 1. The molecule has 0 unspecified atom stereocenters. The van der Waals surface area contributed by atoms with Gasteiger partial charge in [0.25, 0.3) is 0 Å². The van der Waals surface area contributed by atoms with Crippen molar-refractivity contribution < 1.29 is 9.18 Å². The van der Waals surface area contributed by atoms with E-state index < -0.39 is 0 Å². The molecule has 1 heterocycles. The van der Waals surface area contributed by atoms with Crippen LogP contribution in [-0.4, -0.2) is 6.29 Å². The molecule has 0 saturated carbocycles. The molecule has 0 amide bonds. The summed E-state index contributed by atoms with van der Waals surface area (Å²) in [7, 11) is 0. The molecule has 4 heteroatoms. The highest BCUT2D eigenvalue weighted by atomic mass is 79.9. The monoisotopic (exact) mass is 208 g/mol. The fourth-order valence-electron chi connectivity index (χ4n) is 0.433. The molecule has 1 rings (SSSR count). The first kappa shape index (κ1) is 6.89. The summed E-state index contributed by atoms with van der Waals surface area (Å²) in [6, 6.07) is 1.20. The molecule has 0 saturated heterocycles. The molecule has 0 aliphatic heterocycles. The second-order valence-corrected chi connectivity index (χ2v) is 3.72. The Morgan fingerprint density at radius 2 is 2.44 bits per heavy atom. The molecule has 0 N–H and O–H groups in total. The van der Waals surface area contributed by atoms with Gasteiger partial charge in [0.2, 0.25) is 0 Å². The SMILES string of the molecule is O=Cc1cc(F)sc1Br. The number of thiophene rings is 1. The third-order valence-electron chi connectivity index (χ3n) is 0.810. The second-order valence-electron chi connectivity index (χ2n) is 1.40. The zero-order valence-corrected chi connectivity index (χ0v) is 6.63. The van der Waals surface area contributed by atoms with Gasteiger partial charge in [-0.15, -0.1) is 0 Å². The molecule has 0 fully saturated rings. The first-order valence-corrected chi connectivity index (χ1v) is 3.75. The molecule has 0 atom stereocenters. The predicted molar refractivity (Wildman–Crippen MR) is 37.4 cm³/mol. The maximum Gasteiger partial charge on any atom is 0.178 e. The Bertz CT molecular complexity index is 233. The largest absolute Gasteiger partial charge is 0.298 e. The van der Waals surface area contributed by atoms with Crippen LogP contribution >= 0.6 is 27.3 Å². The molecule has 0 aromatic carbocycles. The maximum absolute atomic E-state index is 12.2. The zero-order chi connectivity index (χ0) is 6.85. The van der Waals surface area contributed by atoms with Gasteiger partial charge in [0.1, 0.15) is 0 Å². The molecule has 1 nitrogen and oxygen atoms in total. The van der Waals surface area contributed by atoms with Gasteiger partial charge in [0.15, 0.2) is 11.4 Å². The fourth-order valence-corrected chi connectivity index (χ4v) is 1.69. The van der Waals surface area contributed by atoms with Crippen LogP contribution in [0.1, 0.15) is 10.4 Å². The van der Waals surface area contributed by atoms with Crippen molar-refractivity contribution in [2.45, 2.75) is 0 Å². The first-order chi connectivity index (χ1) is 4.24. The minimum Gasteiger partial charge on any atom is -0.298 e. The van der Waals surface area contributed by atoms with Gasteiger partial charge in [-0.05, 0) is 22.0 Å². The third kappa shape index (κ3) is 1.37. The van der Waals surface area contributed by atoms with E-state index in [1.54, 1.807) is 0 Å². The van der Waals surface area contributed by atoms with Crippen LogP contribution in [0.25, 0.3) is 0 Å². The summed E-state index contributed by atoms with van der Waals surface area (Å²) in [6.07, 6.45) is 0.615. The normalized spacial score (nSPS) is 9.56. The molecular weight excluding hydrogens is 207 g/mol. The van der Waals surface area contributed by atoms with Crippen LogP contribution in [0.5, 0.6) is 0 Å². The summed E-state index contributed by atoms with van der Waals surface area (Å²) >= 11 is 3.94. The minimum absolute atomic E-state index is 0.344. The lowest BCUT2D eigenvalue weighted by molar-refractivity contribution is 0.112. The van der Waals surface area contributed by atoms with Crippen LogP contribution in [0.15, 0.2) is 9.85 Å². The van der Waals surface area contributed by atoms with E-state index in [2.05, 4.69) is 15.9 Å². The van der Waals surface area contributed by atoms with Crippen molar-refractivity contribution in [2.24, 2.45) is 0 Å². The van der Waals surface area contributed by atoms with E-state index in [0.717, 1.165) is 11.3 Å². The molecule has 48 valence electrons. The Hall–Kier alpha value is -0.220. The number of carbonyl (C=O) groups is 1. The molecule has 0 bridgehead atoms. The average molecular weight is 209 g/mol. The molecule has 1 aromatic rings. The van der Waals surface area contributed by atoms with Gasteiger partial charge in [0, 0.05) is 5.56 Å². The Morgan fingerprint density at radius 3 is 2.67 bits per heavy atom. The smallest absolute Gasteiger partial charge is 0.178 e. The standard InChI is InChI=1S/C5H2BrFOS/c6-5-3(2-8)1-4(7)9-5/h1-2H. The van der Waals surface area contributed by atoms with E-state index in [4.69, 9.17) is 0 Å². The Balaban J connectivity index is 3.15. The van der Waals surface area contributed by atoms with Crippen LogP contribution in [0.4, 0.5) is 4.39 Å². The topological polar surface area (TPSA) is 17.1 Å². The summed E-state index contributed by atoms with van der Waals surface area (Å²) in [4.78, 5) is 10.1. The summed E-state index contributed by atoms with van der Waals surface area (Å²) in [5, 5.41) is -0.344. The van der Waals surface area contributed by atoms with Gasteiger partial charge < -0.3 is 0 Å². The number of halogens is 2. The van der Waals surface area contributed by atoms with Crippen molar-refractivity contribution in [3.05, 3.63) is 20.5 Å². The highest BCUT2D eigenvalue weighted by Crippen LogP contribution is 2.24. The van der Waals surface area contributed by atoms with Gasteiger partial charge in [-0.2, -0.15) is 4.39 Å². The Morgan fingerprint density at radius 1 is 1.78 bits per heavy atom. The van der Waals surface area contributed by atoms with Crippen molar-refractivity contribution >= 4 is 33.6 Å². The molecule has 0 aliphatic carbocycles. The van der Waals surface area contributed by atoms with Crippen molar-refractivity contribution in [1.82, 2.24) is 0 Å². The van der Waals surface area contributed by atoms with Gasteiger partial charge in [0.05, 0.1) is 3.79 Å². The summed E-state index contributed by atoms with van der Waals surface area (Å²) in [6.45, 7) is 0. The summed E-state index contributed by atoms with van der Waals surface area (Å²) in [5.41, 5.74) is 0.373. The van der Waals surface area contributed by atoms with E-state index in [0.29, 0.717) is 15.6 Å². The van der Waals surface area contributed by atoms with Crippen molar-refractivity contribution in [3.63, 3.8) is 0 Å². The van der Waals surface area contributed by atoms with Crippen LogP contribution in [0.2, 0.25) is 0 Å². The Kier molecular flexibility index (Phi) is 1.97. The number of hydrogen-bond donors (Lipinski definition) is 0. The lowest BCUT2D eigenvalue weighted by atomic mass is 10.4. The molecule has 9 heavy (non-hydrogen) atoms. The summed E-state index contributed by atoms with van der Waals surface area (Å²) < 4.78 is 12.8. The molecule has 0 spiro atoms. The highest BCUT2D eigenvalue weighted by molar-refractivity contribution is 9.11. The highest BCUT2D eigenvalue weighted by Gasteiger charge is 2.03. The van der Waals surface area contributed by atoms with Crippen LogP contribution < -0.4 is 0 Å². The lowest BCUT2D eigenvalue weighted by Crippen LogP contribution is -1.70. The summed E-state index contributed by atoms with van der Waals surface area (Å²) in [5.74, 6) is 0. The van der Waals surface area contributed by atoms with Gasteiger partial charge in [-0.25, -0.2) is 0 Å². The predicted octanol–water partition coefficient (Wildman–Crippen LogP) is 2.46. The second kappa shape index (κ2) is 2.58. The van der Waals surface area contributed by atoms with Crippen molar-refractivity contribution in [1.29, 1.82) is 0 Å². The average Bonchev–Trinajstić information content (AvgIpc) is 2.10. The van der Waals surface area contributed by atoms with Crippen LogP contribution in [0, 0.1) is 5.13 Å². The number of rotatable bonds is 1. The zero-order valence-electron chi connectivity index (χ0n) is 4.23. The fraction of sp³-hybridized carbons (Fsp3) is 0. The van der Waals surface area contributed by atoms with Crippen LogP contribution in [0.3, 0.4) is 0 Å². The molecule has 0 aliphatic rings. The van der Waals surface area contributed by atoms with Gasteiger partial charge in [-0.3, -0.25) is 4.79 Å². The van der Waals surface area contributed by atoms with Crippen LogP contribution in [-0.2, 0) is 0 Å². The quantitative estimate of drug-likeness (QED) is 0.649. The molecular formula is C5H2BrFOS. The van der Waals surface area contributed by atoms with E-state index in [9.17, 15) is 9.18 Å². The van der Waals surface area contributed by atoms with Crippen molar-refractivity contribution in [3.8, 4) is 0 Å². The van der Waals surface area contributed by atoms with E-state index in [-0.39, 0.29) is 5.13 Å². The van der Waals surface area contributed by atoms with Gasteiger partial charge >= 0.3 is 0 Å². The third-order valence-corrected chi connectivity index (χ3v) is 2.48. The number of hydrogen-bond acceptors (Lipinski definition) is 2. The van der Waals surface area contributed by atoms with E-state index >= 15 is 0 Å². The molecule has 1 aromatic heterocycles. The van der Waals surface area contributed by atoms with E-state index in [1.807, 2.05) is 0 Å². The maximum atomic E-state index is 12.2.